The first kappa shape index (κ1) is 11.9. The second kappa shape index (κ2) is 4.59. The molecule has 0 N–H and O–H groups in total. The second-order valence-corrected chi connectivity index (χ2v) is 6.05. The SMILES string of the molecule is O=C1CCc2cc(-c3cccc(C4CCC4)c3)ccc21. The number of Topliss-reactive ketones (excluding diaryl/α,β-unsaturated/α-hetero) is 1. The van der Waals surface area contributed by atoms with Gasteiger partial charge in [-0.2, -0.15) is 0 Å². The van der Waals surface area contributed by atoms with E-state index in [1.165, 1.54) is 41.5 Å². The molecule has 2 aliphatic carbocycles. The molecule has 0 bridgehead atoms. The van der Waals surface area contributed by atoms with Crippen LogP contribution in [0.15, 0.2) is 42.5 Å². The van der Waals surface area contributed by atoms with Gasteiger partial charge in [-0.05, 0) is 47.4 Å². The van der Waals surface area contributed by atoms with Crippen molar-refractivity contribution in [1.29, 1.82) is 0 Å². The van der Waals surface area contributed by atoms with Gasteiger partial charge < -0.3 is 0 Å². The van der Waals surface area contributed by atoms with Gasteiger partial charge in [0.05, 0.1) is 0 Å². The quantitative estimate of drug-likeness (QED) is 0.763. The van der Waals surface area contributed by atoms with E-state index in [0.717, 1.165) is 17.9 Å². The molecule has 1 fully saturated rings. The molecule has 0 amide bonds. The van der Waals surface area contributed by atoms with Crippen LogP contribution in [0.4, 0.5) is 0 Å². The number of aryl methyl sites for hydroxylation is 1. The average Bonchev–Trinajstić information content (AvgIpc) is 2.78. The van der Waals surface area contributed by atoms with Gasteiger partial charge in [0.15, 0.2) is 5.78 Å². The van der Waals surface area contributed by atoms with E-state index >= 15 is 0 Å². The molecule has 0 unspecified atom stereocenters. The summed E-state index contributed by atoms with van der Waals surface area (Å²) in [6.07, 6.45) is 5.63. The highest BCUT2D eigenvalue weighted by Gasteiger charge is 2.21. The summed E-state index contributed by atoms with van der Waals surface area (Å²) in [6, 6.07) is 15.3. The third-order valence-corrected chi connectivity index (χ3v) is 4.82. The average molecular weight is 262 g/mol. The molecule has 0 aromatic heterocycles. The van der Waals surface area contributed by atoms with E-state index in [9.17, 15) is 4.79 Å². The number of hydrogen-bond acceptors (Lipinski definition) is 1. The Kier molecular flexibility index (Phi) is 2.73. The fourth-order valence-corrected chi connectivity index (χ4v) is 3.35. The monoisotopic (exact) mass is 262 g/mol. The number of fused-ring (bicyclic) bond motifs is 1. The standard InChI is InChI=1S/C19H18O/c20-19-10-8-17-12-16(7-9-18(17)19)15-6-2-5-14(11-15)13-3-1-4-13/h2,5-7,9,11-13H,1,3-4,8,10H2. The summed E-state index contributed by atoms with van der Waals surface area (Å²) < 4.78 is 0. The van der Waals surface area contributed by atoms with E-state index in [1.807, 2.05) is 6.07 Å². The minimum Gasteiger partial charge on any atom is -0.294 e. The van der Waals surface area contributed by atoms with Crippen molar-refractivity contribution in [3.8, 4) is 11.1 Å². The van der Waals surface area contributed by atoms with Gasteiger partial charge in [-0.15, -0.1) is 0 Å². The fourth-order valence-electron chi connectivity index (χ4n) is 3.35. The number of benzene rings is 2. The second-order valence-electron chi connectivity index (χ2n) is 6.05. The zero-order chi connectivity index (χ0) is 13.5. The van der Waals surface area contributed by atoms with Gasteiger partial charge in [-0.1, -0.05) is 48.9 Å². The van der Waals surface area contributed by atoms with Crippen molar-refractivity contribution in [2.45, 2.75) is 38.0 Å². The number of carbonyl (C=O) groups excluding carboxylic acids is 1. The van der Waals surface area contributed by atoms with Crippen molar-refractivity contribution in [3.63, 3.8) is 0 Å². The predicted molar refractivity (Wildman–Crippen MR) is 81.1 cm³/mol. The maximum Gasteiger partial charge on any atom is 0.163 e. The summed E-state index contributed by atoms with van der Waals surface area (Å²) in [5, 5.41) is 0. The zero-order valence-corrected chi connectivity index (χ0v) is 11.6. The van der Waals surface area contributed by atoms with Crippen molar-refractivity contribution < 1.29 is 4.79 Å². The predicted octanol–water partition coefficient (Wildman–Crippen LogP) is 4.75. The van der Waals surface area contributed by atoms with Crippen molar-refractivity contribution in [2.24, 2.45) is 0 Å². The Hall–Kier alpha value is -1.89. The van der Waals surface area contributed by atoms with E-state index < -0.39 is 0 Å². The molecule has 0 radical (unpaired) electrons. The van der Waals surface area contributed by atoms with Gasteiger partial charge in [0.2, 0.25) is 0 Å². The lowest BCUT2D eigenvalue weighted by Gasteiger charge is -2.26. The topological polar surface area (TPSA) is 17.1 Å². The van der Waals surface area contributed by atoms with E-state index in [-0.39, 0.29) is 0 Å². The van der Waals surface area contributed by atoms with Gasteiger partial charge in [0, 0.05) is 12.0 Å². The molecule has 0 spiro atoms. The third kappa shape index (κ3) is 1.89. The molecule has 1 nitrogen and oxygen atoms in total. The van der Waals surface area contributed by atoms with Crippen molar-refractivity contribution in [2.75, 3.05) is 0 Å². The Labute approximate surface area is 119 Å². The molecular formula is C19H18O. The molecule has 2 aliphatic rings. The first-order valence-electron chi connectivity index (χ1n) is 7.58. The molecule has 2 aromatic rings. The van der Waals surface area contributed by atoms with Crippen molar-refractivity contribution in [1.82, 2.24) is 0 Å². The number of carbonyl (C=O) groups is 1. The third-order valence-electron chi connectivity index (χ3n) is 4.82. The van der Waals surface area contributed by atoms with E-state index in [2.05, 4.69) is 36.4 Å². The van der Waals surface area contributed by atoms with Crippen LogP contribution in [0.2, 0.25) is 0 Å². The lowest BCUT2D eigenvalue weighted by molar-refractivity contribution is 0.0994. The molecular weight excluding hydrogens is 244 g/mol. The van der Waals surface area contributed by atoms with E-state index in [1.54, 1.807) is 0 Å². The highest BCUT2D eigenvalue weighted by molar-refractivity contribution is 6.00. The van der Waals surface area contributed by atoms with Crippen LogP contribution in [0.1, 0.15) is 53.1 Å². The Morgan fingerprint density at radius 3 is 2.55 bits per heavy atom. The maximum atomic E-state index is 11.7. The Balaban J connectivity index is 1.72. The largest absolute Gasteiger partial charge is 0.294 e. The number of hydrogen-bond donors (Lipinski definition) is 0. The number of ketones is 1. The van der Waals surface area contributed by atoms with E-state index in [0.29, 0.717) is 12.2 Å². The molecule has 0 saturated heterocycles. The Morgan fingerprint density at radius 2 is 1.75 bits per heavy atom. The van der Waals surface area contributed by atoms with Crippen LogP contribution in [-0.4, -0.2) is 5.78 Å². The van der Waals surface area contributed by atoms with Gasteiger partial charge in [0.25, 0.3) is 0 Å². The molecule has 1 saturated carbocycles. The molecule has 4 rings (SSSR count). The summed E-state index contributed by atoms with van der Waals surface area (Å²) in [5.74, 6) is 1.07. The minimum absolute atomic E-state index is 0.301. The molecule has 20 heavy (non-hydrogen) atoms. The van der Waals surface area contributed by atoms with Crippen LogP contribution in [0, 0.1) is 0 Å². The molecule has 1 heteroatoms. The normalized spacial score (nSPS) is 17.9. The smallest absolute Gasteiger partial charge is 0.163 e. The van der Waals surface area contributed by atoms with Crippen LogP contribution in [0.5, 0.6) is 0 Å². The first-order valence-corrected chi connectivity index (χ1v) is 7.58. The lowest BCUT2D eigenvalue weighted by Crippen LogP contribution is -2.08. The molecule has 0 aliphatic heterocycles. The summed E-state index contributed by atoms with van der Waals surface area (Å²) >= 11 is 0. The van der Waals surface area contributed by atoms with Crippen molar-refractivity contribution in [3.05, 3.63) is 59.2 Å². The van der Waals surface area contributed by atoms with Crippen LogP contribution in [0.3, 0.4) is 0 Å². The molecule has 100 valence electrons. The summed E-state index contributed by atoms with van der Waals surface area (Å²) in [6.45, 7) is 0. The van der Waals surface area contributed by atoms with Gasteiger partial charge in [0.1, 0.15) is 0 Å². The van der Waals surface area contributed by atoms with E-state index in [4.69, 9.17) is 0 Å². The van der Waals surface area contributed by atoms with Gasteiger partial charge in [-0.3, -0.25) is 4.79 Å². The Morgan fingerprint density at radius 1 is 0.900 bits per heavy atom. The van der Waals surface area contributed by atoms with Gasteiger partial charge >= 0.3 is 0 Å². The highest BCUT2D eigenvalue weighted by Crippen LogP contribution is 2.38. The molecule has 0 atom stereocenters. The summed E-state index contributed by atoms with van der Waals surface area (Å²) in [5.41, 5.74) is 6.17. The highest BCUT2D eigenvalue weighted by atomic mass is 16.1. The maximum absolute atomic E-state index is 11.7. The Bertz CT molecular complexity index is 680. The van der Waals surface area contributed by atoms with Gasteiger partial charge in [-0.25, -0.2) is 0 Å². The first-order chi connectivity index (χ1) is 9.81. The summed E-state index contributed by atoms with van der Waals surface area (Å²) in [4.78, 5) is 11.7. The van der Waals surface area contributed by atoms with Crippen molar-refractivity contribution >= 4 is 5.78 Å². The van der Waals surface area contributed by atoms with Crippen LogP contribution in [-0.2, 0) is 6.42 Å². The van der Waals surface area contributed by atoms with Crippen LogP contribution < -0.4 is 0 Å². The molecule has 2 aromatic carbocycles. The number of rotatable bonds is 2. The zero-order valence-electron chi connectivity index (χ0n) is 11.6. The lowest BCUT2D eigenvalue weighted by atomic mass is 9.79. The minimum atomic E-state index is 0.301. The van der Waals surface area contributed by atoms with Crippen LogP contribution >= 0.6 is 0 Å². The molecule has 0 heterocycles. The summed E-state index contributed by atoms with van der Waals surface area (Å²) in [7, 11) is 0. The fraction of sp³-hybridized carbons (Fsp3) is 0.316. The van der Waals surface area contributed by atoms with Crippen LogP contribution in [0.25, 0.3) is 11.1 Å².